The number of ether oxygens (including phenoxy) is 1. The molecule has 8 heteroatoms. The van der Waals surface area contributed by atoms with Gasteiger partial charge in [0.25, 0.3) is 0 Å². The largest absolute Gasteiger partial charge is 0.444 e. The summed E-state index contributed by atoms with van der Waals surface area (Å²) >= 11 is 0. The van der Waals surface area contributed by atoms with Gasteiger partial charge < -0.3 is 4.74 Å². The minimum atomic E-state index is -4.93. The SMILES string of the molecule is CC(C)(C)OC(=O)Nc1ccnc(C(F)(F)F)c1F. The highest BCUT2D eigenvalue weighted by atomic mass is 19.4. The van der Waals surface area contributed by atoms with Crippen molar-refractivity contribution in [2.75, 3.05) is 5.32 Å². The standard InChI is InChI=1S/C11H12F4N2O2/c1-10(2,3)19-9(18)17-6-4-5-16-8(7(6)12)11(13,14)15/h4-5H,1-3H3,(H,16,17,18). The van der Waals surface area contributed by atoms with E-state index in [1.807, 2.05) is 5.32 Å². The number of alkyl halides is 3. The predicted octanol–water partition coefficient (Wildman–Crippen LogP) is 3.59. The maximum Gasteiger partial charge on any atom is 0.436 e. The van der Waals surface area contributed by atoms with Crippen molar-refractivity contribution >= 4 is 11.8 Å². The van der Waals surface area contributed by atoms with Crippen molar-refractivity contribution in [2.45, 2.75) is 32.5 Å². The number of carbonyl (C=O) groups is 1. The van der Waals surface area contributed by atoms with E-state index in [0.29, 0.717) is 0 Å². The van der Waals surface area contributed by atoms with Crippen molar-refractivity contribution in [1.82, 2.24) is 4.98 Å². The summed E-state index contributed by atoms with van der Waals surface area (Å²) in [7, 11) is 0. The Bertz CT molecular complexity index is 481. The molecule has 0 aromatic carbocycles. The smallest absolute Gasteiger partial charge is 0.436 e. The lowest BCUT2D eigenvalue weighted by atomic mass is 10.2. The van der Waals surface area contributed by atoms with Crippen LogP contribution in [0.2, 0.25) is 0 Å². The normalized spacial score (nSPS) is 12.2. The van der Waals surface area contributed by atoms with Crippen molar-refractivity contribution < 1.29 is 27.1 Å². The fourth-order valence-electron chi connectivity index (χ4n) is 1.15. The van der Waals surface area contributed by atoms with Crippen LogP contribution in [0.3, 0.4) is 0 Å². The second-order valence-corrected chi connectivity index (χ2v) is 4.65. The highest BCUT2D eigenvalue weighted by molar-refractivity contribution is 5.85. The van der Waals surface area contributed by atoms with Gasteiger partial charge in [-0.25, -0.2) is 14.2 Å². The number of pyridine rings is 1. The van der Waals surface area contributed by atoms with Gasteiger partial charge in [-0.1, -0.05) is 0 Å². The van der Waals surface area contributed by atoms with Crippen molar-refractivity contribution in [3.8, 4) is 0 Å². The summed E-state index contributed by atoms with van der Waals surface area (Å²) in [5.74, 6) is -1.65. The van der Waals surface area contributed by atoms with Gasteiger partial charge in [-0.3, -0.25) is 5.32 Å². The van der Waals surface area contributed by atoms with Gasteiger partial charge in [0.2, 0.25) is 0 Å². The average molecular weight is 280 g/mol. The Morgan fingerprint density at radius 1 is 1.32 bits per heavy atom. The average Bonchev–Trinajstić information content (AvgIpc) is 2.16. The number of amides is 1. The molecule has 1 N–H and O–H groups in total. The van der Waals surface area contributed by atoms with Gasteiger partial charge in [-0.2, -0.15) is 13.2 Å². The molecule has 0 bridgehead atoms. The van der Waals surface area contributed by atoms with Gasteiger partial charge in [0.05, 0.1) is 5.69 Å². The van der Waals surface area contributed by atoms with Gasteiger partial charge in [0.1, 0.15) is 5.60 Å². The number of nitrogens with zero attached hydrogens (tertiary/aromatic N) is 1. The molecule has 0 aliphatic heterocycles. The lowest BCUT2D eigenvalue weighted by molar-refractivity contribution is -0.143. The van der Waals surface area contributed by atoms with Crippen LogP contribution in [-0.4, -0.2) is 16.7 Å². The molecule has 0 unspecified atom stereocenters. The molecule has 0 saturated carbocycles. The Morgan fingerprint density at radius 2 is 1.89 bits per heavy atom. The van der Waals surface area contributed by atoms with Crippen LogP contribution in [-0.2, 0) is 10.9 Å². The molecule has 0 atom stereocenters. The molecule has 0 fully saturated rings. The number of hydrogen-bond donors (Lipinski definition) is 1. The van der Waals surface area contributed by atoms with Gasteiger partial charge >= 0.3 is 12.3 Å². The molecule has 1 amide bonds. The van der Waals surface area contributed by atoms with Crippen molar-refractivity contribution in [3.63, 3.8) is 0 Å². The van der Waals surface area contributed by atoms with Crippen molar-refractivity contribution in [2.24, 2.45) is 0 Å². The van der Waals surface area contributed by atoms with E-state index in [1.54, 1.807) is 20.8 Å². The third-order valence-corrected chi connectivity index (χ3v) is 1.79. The maximum atomic E-state index is 13.5. The molecule has 1 heterocycles. The maximum absolute atomic E-state index is 13.5. The molecule has 1 rings (SSSR count). The van der Waals surface area contributed by atoms with Crippen molar-refractivity contribution in [3.05, 3.63) is 23.8 Å². The molecule has 1 aromatic rings. The number of aromatic nitrogens is 1. The molecular weight excluding hydrogens is 268 g/mol. The molecule has 0 aliphatic carbocycles. The summed E-state index contributed by atoms with van der Waals surface area (Å²) in [6, 6.07) is 0.911. The zero-order chi connectivity index (χ0) is 14.8. The first-order valence-electron chi connectivity index (χ1n) is 5.22. The van der Waals surface area contributed by atoms with Crippen LogP contribution in [0, 0.1) is 5.82 Å². The lowest BCUT2D eigenvalue weighted by Gasteiger charge is -2.20. The Hall–Kier alpha value is -1.86. The first-order chi connectivity index (χ1) is 8.50. The van der Waals surface area contributed by atoms with Crippen LogP contribution >= 0.6 is 0 Å². The van der Waals surface area contributed by atoms with E-state index in [4.69, 9.17) is 4.74 Å². The summed E-state index contributed by atoms with van der Waals surface area (Å²) in [6.07, 6.45) is -5.24. The zero-order valence-corrected chi connectivity index (χ0v) is 10.4. The van der Waals surface area contributed by atoms with E-state index in [0.717, 1.165) is 12.3 Å². The summed E-state index contributed by atoms with van der Waals surface area (Å²) < 4.78 is 55.5. The van der Waals surface area contributed by atoms with Crippen LogP contribution in [0.15, 0.2) is 12.3 Å². The molecule has 1 aromatic heterocycles. The van der Waals surface area contributed by atoms with E-state index in [1.165, 1.54) is 0 Å². The molecule has 19 heavy (non-hydrogen) atoms. The lowest BCUT2D eigenvalue weighted by Crippen LogP contribution is -2.27. The summed E-state index contributed by atoms with van der Waals surface area (Å²) in [6.45, 7) is 4.70. The summed E-state index contributed by atoms with van der Waals surface area (Å²) in [4.78, 5) is 14.2. The van der Waals surface area contributed by atoms with Crippen LogP contribution in [0.5, 0.6) is 0 Å². The fourth-order valence-corrected chi connectivity index (χ4v) is 1.15. The van der Waals surface area contributed by atoms with E-state index in [2.05, 4.69) is 4.98 Å². The molecule has 4 nitrogen and oxygen atoms in total. The fraction of sp³-hybridized carbons (Fsp3) is 0.455. The minimum Gasteiger partial charge on any atom is -0.444 e. The summed E-state index contributed by atoms with van der Waals surface area (Å²) in [5, 5.41) is 1.90. The molecule has 0 spiro atoms. The highest BCUT2D eigenvalue weighted by Gasteiger charge is 2.37. The van der Waals surface area contributed by atoms with Crippen molar-refractivity contribution in [1.29, 1.82) is 0 Å². The van der Waals surface area contributed by atoms with E-state index in [9.17, 15) is 22.4 Å². The third-order valence-electron chi connectivity index (χ3n) is 1.79. The third kappa shape index (κ3) is 4.38. The van der Waals surface area contributed by atoms with Gasteiger partial charge in [0, 0.05) is 6.20 Å². The van der Waals surface area contributed by atoms with E-state index >= 15 is 0 Å². The zero-order valence-electron chi connectivity index (χ0n) is 10.4. The first kappa shape index (κ1) is 15.2. The number of rotatable bonds is 1. The molecule has 106 valence electrons. The molecule has 0 radical (unpaired) electrons. The number of nitrogens with one attached hydrogen (secondary N) is 1. The summed E-state index contributed by atoms with van der Waals surface area (Å²) in [5.41, 5.74) is -3.18. The van der Waals surface area contributed by atoms with Gasteiger partial charge in [0.15, 0.2) is 11.5 Å². The van der Waals surface area contributed by atoms with Gasteiger partial charge in [-0.15, -0.1) is 0 Å². The number of halogens is 4. The van der Waals surface area contributed by atoms with E-state index in [-0.39, 0.29) is 0 Å². The topological polar surface area (TPSA) is 51.2 Å². The van der Waals surface area contributed by atoms with Crippen LogP contribution < -0.4 is 5.32 Å². The van der Waals surface area contributed by atoms with Crippen LogP contribution in [0.25, 0.3) is 0 Å². The van der Waals surface area contributed by atoms with Gasteiger partial charge in [-0.05, 0) is 26.8 Å². The quantitative estimate of drug-likeness (QED) is 0.800. The molecule has 0 aliphatic rings. The number of anilines is 1. The molecular formula is C11H12F4N2O2. The Morgan fingerprint density at radius 3 is 2.37 bits per heavy atom. The Labute approximate surface area is 106 Å². The minimum absolute atomic E-state index is 0.642. The highest BCUT2D eigenvalue weighted by Crippen LogP contribution is 2.32. The Balaban J connectivity index is 2.95. The number of hydrogen-bond acceptors (Lipinski definition) is 3. The van der Waals surface area contributed by atoms with Crippen LogP contribution in [0.1, 0.15) is 26.5 Å². The molecule has 0 saturated heterocycles. The van der Waals surface area contributed by atoms with Crippen LogP contribution in [0.4, 0.5) is 28.0 Å². The Kier molecular flexibility index (Phi) is 4.02. The second-order valence-electron chi connectivity index (χ2n) is 4.65. The number of carbonyl (C=O) groups excluding carboxylic acids is 1. The first-order valence-corrected chi connectivity index (χ1v) is 5.22. The second kappa shape index (κ2) is 5.02. The van der Waals surface area contributed by atoms with E-state index < -0.39 is 35.1 Å². The predicted molar refractivity (Wildman–Crippen MR) is 59.1 cm³/mol. The monoisotopic (exact) mass is 280 g/mol.